The minimum Gasteiger partial charge on any atom is -0.460 e. The van der Waals surface area contributed by atoms with Crippen molar-refractivity contribution >= 4 is 5.97 Å². The quantitative estimate of drug-likeness (QED) is 0.357. The molecule has 3 nitrogen and oxygen atoms in total. The van der Waals surface area contributed by atoms with E-state index in [1.165, 1.54) is 0 Å². The van der Waals surface area contributed by atoms with E-state index in [1.54, 1.807) is 0 Å². The maximum Gasteiger partial charge on any atom is 0.305 e. The second-order valence-corrected chi connectivity index (χ2v) is 4.69. The van der Waals surface area contributed by atoms with Crippen LogP contribution >= 0.6 is 0 Å². The average molecular weight is 202 g/mol. The number of hydrogen-bond donors (Lipinski definition) is 0. The van der Waals surface area contributed by atoms with Gasteiger partial charge >= 0.3 is 5.97 Å². The van der Waals surface area contributed by atoms with Gasteiger partial charge in [0.15, 0.2) is 0 Å². The van der Waals surface area contributed by atoms with E-state index in [1.807, 2.05) is 0 Å². The zero-order chi connectivity index (χ0) is 11.0. The molecule has 0 spiro atoms. The van der Waals surface area contributed by atoms with Crippen LogP contribution in [0.1, 0.15) is 32.6 Å². The second-order valence-electron chi connectivity index (χ2n) is 4.69. The number of unbranched alkanes of at least 4 members (excludes halogenated alkanes) is 2. The molecule has 0 fully saturated rings. The lowest BCUT2D eigenvalue weighted by atomic mass is 10.2. The number of hydrogen-bond acceptors (Lipinski definition) is 2. The highest BCUT2D eigenvalue weighted by Crippen LogP contribution is 2.00. The summed E-state index contributed by atoms with van der Waals surface area (Å²) < 4.78 is 5.95. The molecule has 0 saturated carbocycles. The van der Waals surface area contributed by atoms with Crippen molar-refractivity contribution in [2.45, 2.75) is 32.6 Å². The first-order valence-corrected chi connectivity index (χ1v) is 5.42. The molecule has 0 aliphatic heterocycles. The van der Waals surface area contributed by atoms with Crippen LogP contribution in [0.15, 0.2) is 0 Å². The summed E-state index contributed by atoms with van der Waals surface area (Å²) in [6.45, 7) is 3.54. The van der Waals surface area contributed by atoms with Crippen LogP contribution in [0.4, 0.5) is 0 Å². The normalized spacial score (nSPS) is 11.4. The predicted molar refractivity (Wildman–Crippen MR) is 58.0 cm³/mol. The Kier molecular flexibility index (Phi) is 6.54. The molecule has 0 atom stereocenters. The number of ether oxygens (including phenoxy) is 1. The van der Waals surface area contributed by atoms with Gasteiger partial charge in [-0.25, -0.2) is 0 Å². The van der Waals surface area contributed by atoms with Gasteiger partial charge in [0, 0.05) is 6.42 Å². The Hall–Kier alpha value is -0.570. The molecule has 3 heteroatoms. The van der Waals surface area contributed by atoms with E-state index in [0.717, 1.165) is 30.3 Å². The Morgan fingerprint density at radius 3 is 2.36 bits per heavy atom. The summed E-state index contributed by atoms with van der Waals surface area (Å²) in [5.41, 5.74) is 0. The summed E-state index contributed by atoms with van der Waals surface area (Å²) in [5.74, 6) is -0.0492. The van der Waals surface area contributed by atoms with E-state index < -0.39 is 0 Å². The molecule has 0 amide bonds. The molecule has 0 heterocycles. The molecule has 0 rings (SSSR count). The van der Waals surface area contributed by atoms with Crippen LogP contribution in [0, 0.1) is 0 Å². The van der Waals surface area contributed by atoms with Gasteiger partial charge in [-0.15, -0.1) is 0 Å². The Balaban J connectivity index is 3.36. The van der Waals surface area contributed by atoms with Crippen molar-refractivity contribution in [1.82, 2.24) is 0 Å². The fourth-order valence-corrected chi connectivity index (χ4v) is 1.02. The van der Waals surface area contributed by atoms with Crippen molar-refractivity contribution in [2.75, 3.05) is 34.3 Å². The van der Waals surface area contributed by atoms with Crippen LogP contribution in [-0.4, -0.2) is 44.7 Å². The number of esters is 1. The summed E-state index contributed by atoms with van der Waals surface area (Å²) in [6, 6.07) is 0. The lowest BCUT2D eigenvalue weighted by Gasteiger charge is -2.23. The minimum atomic E-state index is -0.0492. The van der Waals surface area contributed by atoms with Crippen LogP contribution in [-0.2, 0) is 9.53 Å². The highest BCUT2D eigenvalue weighted by atomic mass is 16.5. The first kappa shape index (κ1) is 13.4. The predicted octanol–water partition coefficient (Wildman–Crippen LogP) is 1.82. The number of rotatable bonds is 7. The van der Waals surface area contributed by atoms with E-state index in [0.29, 0.717) is 13.0 Å². The lowest BCUT2D eigenvalue weighted by Crippen LogP contribution is -2.37. The monoisotopic (exact) mass is 202 g/mol. The molecule has 0 aromatic carbocycles. The third-order valence-corrected chi connectivity index (χ3v) is 2.01. The van der Waals surface area contributed by atoms with E-state index in [2.05, 4.69) is 28.1 Å². The molecule has 0 aromatic rings. The Morgan fingerprint density at radius 1 is 1.21 bits per heavy atom. The lowest BCUT2D eigenvalue weighted by molar-refractivity contribution is -0.870. The van der Waals surface area contributed by atoms with Crippen LogP contribution in [0.2, 0.25) is 0 Å². The van der Waals surface area contributed by atoms with Crippen LogP contribution < -0.4 is 0 Å². The second kappa shape index (κ2) is 6.82. The van der Waals surface area contributed by atoms with E-state index in [9.17, 15) is 4.79 Å². The van der Waals surface area contributed by atoms with Gasteiger partial charge in [-0.3, -0.25) is 4.79 Å². The molecule has 0 aliphatic rings. The Morgan fingerprint density at radius 2 is 1.86 bits per heavy atom. The summed E-state index contributed by atoms with van der Waals surface area (Å²) in [6.07, 6.45) is 3.79. The molecule has 0 bridgehead atoms. The fraction of sp³-hybridized carbons (Fsp3) is 0.909. The summed E-state index contributed by atoms with van der Waals surface area (Å²) in [4.78, 5) is 11.2. The van der Waals surface area contributed by atoms with Gasteiger partial charge in [0.05, 0.1) is 21.1 Å². The summed E-state index contributed by atoms with van der Waals surface area (Å²) >= 11 is 0. The highest BCUT2D eigenvalue weighted by Gasteiger charge is 2.08. The zero-order valence-corrected chi connectivity index (χ0v) is 10.0. The topological polar surface area (TPSA) is 26.3 Å². The van der Waals surface area contributed by atoms with Crippen LogP contribution in [0.3, 0.4) is 0 Å². The smallest absolute Gasteiger partial charge is 0.305 e. The highest BCUT2D eigenvalue weighted by molar-refractivity contribution is 5.69. The van der Waals surface area contributed by atoms with Gasteiger partial charge in [0.1, 0.15) is 13.2 Å². The number of likely N-dealkylation sites (N-methyl/N-ethyl adjacent to an activating group) is 1. The van der Waals surface area contributed by atoms with Crippen molar-refractivity contribution in [3.63, 3.8) is 0 Å². The maximum absolute atomic E-state index is 11.2. The van der Waals surface area contributed by atoms with Gasteiger partial charge in [0.2, 0.25) is 0 Å². The van der Waals surface area contributed by atoms with Gasteiger partial charge in [-0.1, -0.05) is 19.8 Å². The molecule has 0 unspecified atom stereocenters. The molecule has 0 radical (unpaired) electrons. The van der Waals surface area contributed by atoms with Gasteiger partial charge < -0.3 is 9.22 Å². The van der Waals surface area contributed by atoms with Crippen LogP contribution in [0.5, 0.6) is 0 Å². The first-order chi connectivity index (χ1) is 6.45. The van der Waals surface area contributed by atoms with Gasteiger partial charge in [0.25, 0.3) is 0 Å². The molecule has 0 aromatic heterocycles. The fourth-order valence-electron chi connectivity index (χ4n) is 1.02. The summed E-state index contributed by atoms with van der Waals surface area (Å²) in [7, 11) is 6.26. The number of carbonyl (C=O) groups is 1. The number of carbonyl (C=O) groups excluding carboxylic acids is 1. The average Bonchev–Trinajstić information content (AvgIpc) is 2.02. The van der Waals surface area contributed by atoms with E-state index in [4.69, 9.17) is 4.74 Å². The molecule has 0 saturated heterocycles. The standard InChI is InChI=1S/C11H24NO2/c1-5-6-7-8-11(13)14-10-9-12(2,3)4/h5-10H2,1-4H3/q+1. The molecule has 84 valence electrons. The van der Waals surface area contributed by atoms with E-state index >= 15 is 0 Å². The number of nitrogens with zero attached hydrogens (tertiary/aromatic N) is 1. The SMILES string of the molecule is CCCCCC(=O)OCC[N+](C)(C)C. The van der Waals surface area contributed by atoms with Crippen LogP contribution in [0.25, 0.3) is 0 Å². The molecular weight excluding hydrogens is 178 g/mol. The first-order valence-electron chi connectivity index (χ1n) is 5.42. The zero-order valence-electron chi connectivity index (χ0n) is 10.0. The van der Waals surface area contributed by atoms with Gasteiger partial charge in [-0.05, 0) is 6.42 Å². The van der Waals surface area contributed by atoms with Crippen molar-refractivity contribution in [2.24, 2.45) is 0 Å². The Labute approximate surface area is 87.6 Å². The van der Waals surface area contributed by atoms with Crippen molar-refractivity contribution in [3.05, 3.63) is 0 Å². The third-order valence-electron chi connectivity index (χ3n) is 2.01. The Bertz CT molecular complexity index is 161. The largest absolute Gasteiger partial charge is 0.460 e. The van der Waals surface area contributed by atoms with Crippen molar-refractivity contribution in [1.29, 1.82) is 0 Å². The van der Waals surface area contributed by atoms with Crippen molar-refractivity contribution < 1.29 is 14.0 Å². The van der Waals surface area contributed by atoms with E-state index in [-0.39, 0.29) is 5.97 Å². The summed E-state index contributed by atoms with van der Waals surface area (Å²) in [5, 5.41) is 0. The third kappa shape index (κ3) is 9.52. The minimum absolute atomic E-state index is 0.0492. The molecule has 0 aliphatic carbocycles. The molecule has 0 N–H and O–H groups in total. The van der Waals surface area contributed by atoms with Gasteiger partial charge in [-0.2, -0.15) is 0 Å². The molecule has 14 heavy (non-hydrogen) atoms. The molecular formula is C11H24NO2+. The van der Waals surface area contributed by atoms with Crippen molar-refractivity contribution in [3.8, 4) is 0 Å². The maximum atomic E-state index is 11.2. The number of quaternary nitrogens is 1.